The Labute approximate surface area is 61.0 Å². The van der Waals surface area contributed by atoms with Crippen molar-refractivity contribution in [1.29, 1.82) is 0 Å². The maximum absolute atomic E-state index is 9.98. The fourth-order valence-electron chi connectivity index (χ4n) is 0.572. The Hall–Kier alpha value is -0.570. The summed E-state index contributed by atoms with van der Waals surface area (Å²) in [6.07, 6.45) is 1.83. The highest BCUT2D eigenvalue weighted by atomic mass is 16.5. The van der Waals surface area contributed by atoms with Gasteiger partial charge in [-0.15, -0.1) is 0 Å². The van der Waals surface area contributed by atoms with Crippen molar-refractivity contribution in [3.8, 4) is 0 Å². The predicted octanol–water partition coefficient (Wildman–Crippen LogP) is 1.28. The molecule has 1 N–H and O–H groups in total. The average molecular weight is 146 g/mol. The topological polar surface area (TPSA) is 46.5 Å². The molecule has 0 saturated carbocycles. The number of carboxylic acid groups (broad SMARTS) is 1. The van der Waals surface area contributed by atoms with Crippen LogP contribution in [0, 0.1) is 0 Å². The van der Waals surface area contributed by atoms with Crippen LogP contribution in [0.1, 0.15) is 26.2 Å². The summed E-state index contributed by atoms with van der Waals surface area (Å²) < 4.78 is 5.07. The number of carbonyl (C=O) groups is 1. The molecule has 0 aliphatic heterocycles. The molecule has 0 radical (unpaired) electrons. The molecule has 0 aromatic heterocycles. The van der Waals surface area contributed by atoms with Gasteiger partial charge in [0.1, 0.15) is 0 Å². The maximum Gasteiger partial charge on any atom is 0.303 e. The molecular weight excluding hydrogens is 132 g/mol. The van der Waals surface area contributed by atoms with Crippen LogP contribution in [-0.2, 0) is 9.53 Å². The van der Waals surface area contributed by atoms with E-state index in [0.29, 0.717) is 13.0 Å². The van der Waals surface area contributed by atoms with Gasteiger partial charge in [0.05, 0.1) is 0 Å². The number of rotatable bonds is 6. The van der Waals surface area contributed by atoms with Crippen LogP contribution in [0.15, 0.2) is 0 Å². The Morgan fingerprint density at radius 2 is 2.20 bits per heavy atom. The third kappa shape index (κ3) is 7.43. The summed E-state index contributed by atoms with van der Waals surface area (Å²) in [6.45, 7) is 3.33. The first-order valence-electron chi connectivity index (χ1n) is 3.57. The first-order chi connectivity index (χ1) is 4.77. The molecule has 0 amide bonds. The van der Waals surface area contributed by atoms with Crippen molar-refractivity contribution in [1.82, 2.24) is 0 Å². The molecule has 0 bridgehead atoms. The summed E-state index contributed by atoms with van der Waals surface area (Å²) in [5.41, 5.74) is 0. The lowest BCUT2D eigenvalue weighted by molar-refractivity contribution is -0.137. The van der Waals surface area contributed by atoms with Crippen LogP contribution >= 0.6 is 0 Å². The van der Waals surface area contributed by atoms with Gasteiger partial charge in [0, 0.05) is 19.6 Å². The van der Waals surface area contributed by atoms with E-state index < -0.39 is 5.97 Å². The largest absolute Gasteiger partial charge is 0.481 e. The van der Waals surface area contributed by atoms with Gasteiger partial charge in [0.25, 0.3) is 0 Å². The Kier molecular flexibility index (Phi) is 6.18. The molecule has 0 aliphatic carbocycles. The highest BCUT2D eigenvalue weighted by molar-refractivity contribution is 5.66. The monoisotopic (exact) mass is 146 g/mol. The summed E-state index contributed by atoms with van der Waals surface area (Å²) in [5.74, 6) is -0.750. The van der Waals surface area contributed by atoms with Gasteiger partial charge in [-0.3, -0.25) is 4.79 Å². The van der Waals surface area contributed by atoms with E-state index in [4.69, 9.17) is 9.84 Å². The van der Waals surface area contributed by atoms with E-state index in [9.17, 15) is 4.79 Å². The Balaban J connectivity index is 2.84. The van der Waals surface area contributed by atoms with Gasteiger partial charge < -0.3 is 9.84 Å². The zero-order chi connectivity index (χ0) is 7.82. The van der Waals surface area contributed by atoms with Crippen LogP contribution in [0.25, 0.3) is 0 Å². The molecule has 3 heteroatoms. The second kappa shape index (κ2) is 6.55. The molecule has 0 aliphatic rings. The molecule has 0 fully saturated rings. The molecule has 0 heterocycles. The summed E-state index contributed by atoms with van der Waals surface area (Å²) in [5, 5.41) is 8.21. The lowest BCUT2D eigenvalue weighted by Gasteiger charge is -1.98. The molecule has 0 aromatic rings. The predicted molar refractivity (Wildman–Crippen MR) is 38.0 cm³/mol. The zero-order valence-electron chi connectivity index (χ0n) is 6.30. The van der Waals surface area contributed by atoms with Crippen molar-refractivity contribution in [2.75, 3.05) is 13.2 Å². The molecule has 0 atom stereocenters. The van der Waals surface area contributed by atoms with E-state index in [0.717, 1.165) is 13.0 Å². The van der Waals surface area contributed by atoms with Crippen LogP contribution in [0.3, 0.4) is 0 Å². The van der Waals surface area contributed by atoms with Crippen molar-refractivity contribution in [3.05, 3.63) is 0 Å². The fourth-order valence-corrected chi connectivity index (χ4v) is 0.572. The number of hydrogen-bond acceptors (Lipinski definition) is 2. The maximum atomic E-state index is 9.98. The van der Waals surface area contributed by atoms with Crippen molar-refractivity contribution in [2.45, 2.75) is 26.2 Å². The molecule has 0 saturated heterocycles. The molecule has 0 rings (SSSR count). The van der Waals surface area contributed by atoms with Crippen molar-refractivity contribution in [3.63, 3.8) is 0 Å². The van der Waals surface area contributed by atoms with E-state index >= 15 is 0 Å². The number of ether oxygens (including phenoxy) is 1. The molecule has 0 spiro atoms. The first kappa shape index (κ1) is 9.43. The second-order valence-corrected chi connectivity index (χ2v) is 2.11. The smallest absolute Gasteiger partial charge is 0.303 e. The van der Waals surface area contributed by atoms with Crippen LogP contribution in [0.4, 0.5) is 0 Å². The zero-order valence-corrected chi connectivity index (χ0v) is 6.30. The minimum Gasteiger partial charge on any atom is -0.481 e. The molecule has 3 nitrogen and oxygen atoms in total. The van der Waals surface area contributed by atoms with Gasteiger partial charge in [0.2, 0.25) is 0 Å². The standard InChI is InChI=1S/C7H14O3/c1-2-5-10-6-3-4-7(8)9/h2-6H2,1H3,(H,8,9). The summed E-state index contributed by atoms with van der Waals surface area (Å²) in [6, 6.07) is 0. The van der Waals surface area contributed by atoms with Crippen molar-refractivity contribution >= 4 is 5.97 Å². The highest BCUT2D eigenvalue weighted by Gasteiger charge is 1.94. The van der Waals surface area contributed by atoms with E-state index in [-0.39, 0.29) is 6.42 Å². The molecular formula is C7H14O3. The fraction of sp³-hybridized carbons (Fsp3) is 0.857. The normalized spacial score (nSPS) is 9.70. The molecule has 60 valence electrons. The van der Waals surface area contributed by atoms with E-state index in [1.54, 1.807) is 0 Å². The Morgan fingerprint density at radius 1 is 1.50 bits per heavy atom. The van der Waals surface area contributed by atoms with E-state index in [1.165, 1.54) is 0 Å². The minimum atomic E-state index is -0.750. The Morgan fingerprint density at radius 3 is 2.70 bits per heavy atom. The van der Waals surface area contributed by atoms with Crippen LogP contribution in [-0.4, -0.2) is 24.3 Å². The third-order valence-corrected chi connectivity index (χ3v) is 1.03. The van der Waals surface area contributed by atoms with Crippen LogP contribution in [0.5, 0.6) is 0 Å². The van der Waals surface area contributed by atoms with E-state index in [2.05, 4.69) is 0 Å². The average Bonchev–Trinajstić information content (AvgIpc) is 1.87. The van der Waals surface area contributed by atoms with Crippen LogP contribution in [0.2, 0.25) is 0 Å². The van der Waals surface area contributed by atoms with Gasteiger partial charge in [0.15, 0.2) is 0 Å². The molecule has 0 aromatic carbocycles. The van der Waals surface area contributed by atoms with Gasteiger partial charge in [-0.1, -0.05) is 6.92 Å². The van der Waals surface area contributed by atoms with Gasteiger partial charge in [-0.25, -0.2) is 0 Å². The van der Waals surface area contributed by atoms with Gasteiger partial charge in [-0.05, 0) is 12.8 Å². The van der Waals surface area contributed by atoms with Crippen molar-refractivity contribution < 1.29 is 14.6 Å². The van der Waals surface area contributed by atoms with E-state index in [1.807, 2.05) is 6.92 Å². The highest BCUT2D eigenvalue weighted by Crippen LogP contribution is 1.90. The van der Waals surface area contributed by atoms with Crippen molar-refractivity contribution in [2.24, 2.45) is 0 Å². The molecule has 10 heavy (non-hydrogen) atoms. The SMILES string of the molecule is CCCOCCCC(=O)O. The lowest BCUT2D eigenvalue weighted by atomic mass is 10.3. The second-order valence-electron chi connectivity index (χ2n) is 2.11. The Bertz CT molecular complexity index is 90.9. The van der Waals surface area contributed by atoms with Gasteiger partial charge >= 0.3 is 5.97 Å². The summed E-state index contributed by atoms with van der Waals surface area (Å²) in [7, 11) is 0. The number of aliphatic carboxylic acids is 1. The summed E-state index contributed by atoms with van der Waals surface area (Å²) >= 11 is 0. The number of carboxylic acids is 1. The molecule has 0 unspecified atom stereocenters. The first-order valence-corrected chi connectivity index (χ1v) is 3.57. The van der Waals surface area contributed by atoms with Gasteiger partial charge in [-0.2, -0.15) is 0 Å². The quantitative estimate of drug-likeness (QED) is 0.574. The third-order valence-electron chi connectivity index (χ3n) is 1.03. The number of hydrogen-bond donors (Lipinski definition) is 1. The minimum absolute atomic E-state index is 0.212. The van der Waals surface area contributed by atoms with Crippen LogP contribution < -0.4 is 0 Å². The lowest BCUT2D eigenvalue weighted by Crippen LogP contribution is -2.00. The summed E-state index contributed by atoms with van der Waals surface area (Å²) in [4.78, 5) is 9.98.